The predicted molar refractivity (Wildman–Crippen MR) is 67.1 cm³/mol. The predicted octanol–water partition coefficient (Wildman–Crippen LogP) is 3.56. The number of hydrogen-bond acceptors (Lipinski definition) is 3. The monoisotopic (exact) mass is 310 g/mol. The number of carbonyl (C=O) groups is 1. The number of carboxylic acid groups (broad SMARTS) is 1. The van der Waals surface area contributed by atoms with Gasteiger partial charge in [-0.25, -0.2) is 9.18 Å². The molecule has 0 saturated heterocycles. The Kier molecular flexibility index (Phi) is 5.87. The number of ether oxygens (including phenoxy) is 1. The van der Waals surface area contributed by atoms with Crippen LogP contribution in [0.4, 0.5) is 17.6 Å². The molecule has 0 bridgehead atoms. The van der Waals surface area contributed by atoms with Gasteiger partial charge in [0.15, 0.2) is 11.6 Å². The van der Waals surface area contributed by atoms with Gasteiger partial charge in [-0.15, -0.1) is 0 Å². The lowest BCUT2D eigenvalue weighted by Crippen LogP contribution is -2.08. The summed E-state index contributed by atoms with van der Waals surface area (Å²) in [7, 11) is 0. The van der Waals surface area contributed by atoms with Gasteiger partial charge in [0.1, 0.15) is 0 Å². The summed E-state index contributed by atoms with van der Waals surface area (Å²) in [4.78, 5) is 10.4. The zero-order chi connectivity index (χ0) is 15.2. The highest BCUT2D eigenvalue weighted by atomic mass is 32.2. The van der Waals surface area contributed by atoms with Gasteiger partial charge in [0, 0.05) is 17.4 Å². The standard InChI is InChI=1S/C12H10F4O3S/c13-9-3-1-2-8(4-5-10(17)18)11(9)19-6-7-20-12(14,15)16/h1-5H,6-7H2,(H,17,18)/b5-4+. The Morgan fingerprint density at radius 3 is 2.70 bits per heavy atom. The quantitative estimate of drug-likeness (QED) is 0.496. The molecule has 0 aliphatic rings. The molecule has 3 nitrogen and oxygen atoms in total. The molecule has 0 spiro atoms. The highest BCUT2D eigenvalue weighted by Crippen LogP contribution is 2.30. The maximum atomic E-state index is 13.5. The van der Waals surface area contributed by atoms with E-state index in [0.29, 0.717) is 0 Å². The van der Waals surface area contributed by atoms with E-state index in [0.717, 1.165) is 18.2 Å². The first-order chi connectivity index (χ1) is 9.29. The largest absolute Gasteiger partial charge is 0.489 e. The number of alkyl halides is 3. The Labute approximate surface area is 116 Å². The molecule has 0 aromatic heterocycles. The first-order valence-electron chi connectivity index (χ1n) is 5.32. The normalized spacial score (nSPS) is 11.8. The van der Waals surface area contributed by atoms with Crippen molar-refractivity contribution in [3.05, 3.63) is 35.7 Å². The van der Waals surface area contributed by atoms with Crippen LogP contribution in [-0.2, 0) is 4.79 Å². The van der Waals surface area contributed by atoms with Gasteiger partial charge in [-0.3, -0.25) is 0 Å². The second-order valence-electron chi connectivity index (χ2n) is 3.47. The molecule has 8 heteroatoms. The Morgan fingerprint density at radius 2 is 2.10 bits per heavy atom. The Morgan fingerprint density at radius 1 is 1.40 bits per heavy atom. The molecule has 0 aliphatic carbocycles. The summed E-state index contributed by atoms with van der Waals surface area (Å²) in [5.74, 6) is -2.66. The van der Waals surface area contributed by atoms with Gasteiger partial charge in [-0.05, 0) is 23.9 Å². The van der Waals surface area contributed by atoms with E-state index in [1.54, 1.807) is 0 Å². The van der Waals surface area contributed by atoms with E-state index in [9.17, 15) is 22.4 Å². The van der Waals surface area contributed by atoms with E-state index in [2.05, 4.69) is 0 Å². The van der Waals surface area contributed by atoms with E-state index < -0.39 is 17.3 Å². The Bertz CT molecular complexity index is 500. The number of halogens is 4. The van der Waals surface area contributed by atoms with Crippen LogP contribution in [0.1, 0.15) is 5.56 Å². The van der Waals surface area contributed by atoms with E-state index in [-0.39, 0.29) is 35.4 Å². The van der Waals surface area contributed by atoms with Crippen molar-refractivity contribution in [2.75, 3.05) is 12.4 Å². The van der Waals surface area contributed by atoms with Crippen LogP contribution >= 0.6 is 11.8 Å². The molecule has 0 amide bonds. The summed E-state index contributed by atoms with van der Waals surface area (Å²) in [6.07, 6.45) is 1.89. The zero-order valence-corrected chi connectivity index (χ0v) is 10.8. The number of hydrogen-bond donors (Lipinski definition) is 1. The maximum Gasteiger partial charge on any atom is 0.441 e. The van der Waals surface area contributed by atoms with Crippen molar-refractivity contribution in [2.45, 2.75) is 5.51 Å². The lowest BCUT2D eigenvalue weighted by molar-refractivity contribution is -0.131. The molecule has 110 valence electrons. The molecule has 0 aliphatic heterocycles. The van der Waals surface area contributed by atoms with E-state index in [1.807, 2.05) is 0 Å². The SMILES string of the molecule is O=C(O)/C=C/c1cccc(F)c1OCCSC(F)(F)F. The minimum Gasteiger partial charge on any atom is -0.489 e. The molecule has 0 heterocycles. The number of rotatable bonds is 6. The van der Waals surface area contributed by atoms with Crippen LogP contribution in [-0.4, -0.2) is 28.9 Å². The average Bonchev–Trinajstić information content (AvgIpc) is 2.32. The summed E-state index contributed by atoms with van der Waals surface area (Å²) in [5, 5.41) is 8.49. The summed E-state index contributed by atoms with van der Waals surface area (Å²) in [6.45, 7) is -0.348. The van der Waals surface area contributed by atoms with Gasteiger partial charge in [0.05, 0.1) is 6.61 Å². The van der Waals surface area contributed by atoms with Crippen molar-refractivity contribution in [2.24, 2.45) is 0 Å². The number of thioether (sulfide) groups is 1. The molecular formula is C12H10F4O3S. The number of benzene rings is 1. The summed E-state index contributed by atoms with van der Waals surface area (Å²) in [5.41, 5.74) is -4.23. The van der Waals surface area contributed by atoms with Gasteiger partial charge in [-0.1, -0.05) is 12.1 Å². The molecule has 0 unspecified atom stereocenters. The van der Waals surface area contributed by atoms with Crippen molar-refractivity contribution >= 4 is 23.8 Å². The maximum absolute atomic E-state index is 13.5. The van der Waals surface area contributed by atoms with Gasteiger partial charge in [0.2, 0.25) is 0 Å². The van der Waals surface area contributed by atoms with Gasteiger partial charge < -0.3 is 9.84 Å². The van der Waals surface area contributed by atoms with Crippen molar-refractivity contribution in [1.29, 1.82) is 0 Å². The third-order valence-corrected chi connectivity index (χ3v) is 2.70. The lowest BCUT2D eigenvalue weighted by atomic mass is 10.2. The second-order valence-corrected chi connectivity index (χ2v) is 4.63. The number of para-hydroxylation sites is 1. The van der Waals surface area contributed by atoms with Gasteiger partial charge >= 0.3 is 11.5 Å². The smallest absolute Gasteiger partial charge is 0.441 e. The van der Waals surface area contributed by atoms with Crippen molar-refractivity contribution < 1.29 is 32.2 Å². The number of carboxylic acids is 1. The minimum atomic E-state index is -4.37. The van der Waals surface area contributed by atoms with Gasteiger partial charge in [-0.2, -0.15) is 13.2 Å². The fourth-order valence-corrected chi connectivity index (χ4v) is 1.67. The molecule has 0 fully saturated rings. The highest BCUT2D eigenvalue weighted by Gasteiger charge is 2.27. The summed E-state index contributed by atoms with van der Waals surface area (Å²) < 4.78 is 54.2. The molecule has 20 heavy (non-hydrogen) atoms. The molecule has 1 aromatic rings. The molecular weight excluding hydrogens is 300 g/mol. The van der Waals surface area contributed by atoms with E-state index in [4.69, 9.17) is 9.84 Å². The minimum absolute atomic E-state index is 0.143. The third-order valence-electron chi connectivity index (χ3n) is 2.00. The van der Waals surface area contributed by atoms with Gasteiger partial charge in [0.25, 0.3) is 0 Å². The fraction of sp³-hybridized carbons (Fsp3) is 0.250. The van der Waals surface area contributed by atoms with Crippen LogP contribution in [0.5, 0.6) is 5.75 Å². The van der Waals surface area contributed by atoms with Crippen LogP contribution in [0.25, 0.3) is 6.08 Å². The topological polar surface area (TPSA) is 46.5 Å². The van der Waals surface area contributed by atoms with E-state index in [1.165, 1.54) is 12.1 Å². The Hall–Kier alpha value is -1.70. The van der Waals surface area contributed by atoms with Crippen molar-refractivity contribution in [3.63, 3.8) is 0 Å². The molecule has 0 saturated carbocycles. The lowest BCUT2D eigenvalue weighted by Gasteiger charge is -2.10. The zero-order valence-electron chi connectivity index (χ0n) is 9.98. The van der Waals surface area contributed by atoms with Crippen LogP contribution in [0.3, 0.4) is 0 Å². The summed E-state index contributed by atoms with van der Waals surface area (Å²) >= 11 is -0.277. The fourth-order valence-electron chi connectivity index (χ4n) is 1.27. The van der Waals surface area contributed by atoms with Crippen LogP contribution in [0.15, 0.2) is 24.3 Å². The molecule has 0 atom stereocenters. The first kappa shape index (κ1) is 16.4. The molecule has 1 N–H and O–H groups in total. The molecule has 0 radical (unpaired) electrons. The molecule has 1 aromatic carbocycles. The Balaban J connectivity index is 2.71. The van der Waals surface area contributed by atoms with E-state index >= 15 is 0 Å². The summed E-state index contributed by atoms with van der Waals surface area (Å²) in [6, 6.07) is 3.81. The third kappa shape index (κ3) is 5.96. The van der Waals surface area contributed by atoms with Crippen LogP contribution in [0, 0.1) is 5.82 Å². The first-order valence-corrected chi connectivity index (χ1v) is 6.31. The number of aliphatic carboxylic acids is 1. The van der Waals surface area contributed by atoms with Crippen molar-refractivity contribution in [3.8, 4) is 5.75 Å². The highest BCUT2D eigenvalue weighted by molar-refractivity contribution is 8.00. The van der Waals surface area contributed by atoms with Crippen LogP contribution in [0.2, 0.25) is 0 Å². The second kappa shape index (κ2) is 7.18. The van der Waals surface area contributed by atoms with Crippen LogP contribution < -0.4 is 4.74 Å². The molecule has 1 rings (SSSR count). The average molecular weight is 310 g/mol. The van der Waals surface area contributed by atoms with Crippen molar-refractivity contribution in [1.82, 2.24) is 0 Å².